The number of hydrogen-bond acceptors (Lipinski definition) is 1. The minimum atomic E-state index is -0.174. The van der Waals surface area contributed by atoms with Gasteiger partial charge in [-0.1, -0.05) is 32.8 Å². The van der Waals surface area contributed by atoms with Crippen LogP contribution in [0.3, 0.4) is 0 Å². The molecule has 0 saturated carbocycles. The Bertz CT molecular complexity index is 280. The summed E-state index contributed by atoms with van der Waals surface area (Å²) in [6, 6.07) is 7.16. The van der Waals surface area contributed by atoms with Gasteiger partial charge in [0, 0.05) is 11.7 Å². The van der Waals surface area contributed by atoms with E-state index < -0.39 is 0 Å². The minimum Gasteiger partial charge on any atom is -0.382 e. The van der Waals surface area contributed by atoms with Crippen molar-refractivity contribution in [2.45, 2.75) is 45.6 Å². The monoisotopic (exact) mass is 209 g/mol. The third kappa shape index (κ3) is 4.32. The number of anilines is 1. The molecule has 1 aromatic rings. The summed E-state index contributed by atoms with van der Waals surface area (Å²) in [6.07, 6.45) is 4.61. The summed E-state index contributed by atoms with van der Waals surface area (Å²) in [5.41, 5.74) is 0.891. The van der Waals surface area contributed by atoms with Crippen molar-refractivity contribution < 1.29 is 4.39 Å². The van der Waals surface area contributed by atoms with Gasteiger partial charge in [0.15, 0.2) is 0 Å². The fourth-order valence-electron chi connectivity index (χ4n) is 1.80. The Balaban J connectivity index is 2.56. The standard InChI is InChI=1S/C13H20FN/c1-3-6-12(7-4-2)15-13-9-5-8-11(14)10-13/h5,8-10,12,15H,3-4,6-7H2,1-2H3. The normalized spacial score (nSPS) is 10.7. The summed E-state index contributed by atoms with van der Waals surface area (Å²) < 4.78 is 12.9. The Hall–Kier alpha value is -1.05. The van der Waals surface area contributed by atoms with Crippen LogP contribution < -0.4 is 5.32 Å². The number of rotatable bonds is 6. The Kier molecular flexibility index (Phi) is 5.16. The quantitative estimate of drug-likeness (QED) is 0.740. The Morgan fingerprint density at radius 3 is 2.40 bits per heavy atom. The lowest BCUT2D eigenvalue weighted by molar-refractivity contribution is 0.584. The van der Waals surface area contributed by atoms with Crippen molar-refractivity contribution in [3.05, 3.63) is 30.1 Å². The van der Waals surface area contributed by atoms with E-state index in [-0.39, 0.29) is 5.82 Å². The largest absolute Gasteiger partial charge is 0.382 e. The van der Waals surface area contributed by atoms with Gasteiger partial charge in [-0.25, -0.2) is 4.39 Å². The van der Waals surface area contributed by atoms with Crippen molar-refractivity contribution in [1.82, 2.24) is 0 Å². The van der Waals surface area contributed by atoms with Gasteiger partial charge in [-0.3, -0.25) is 0 Å². The Labute approximate surface area is 91.7 Å². The van der Waals surface area contributed by atoms with E-state index in [4.69, 9.17) is 0 Å². The molecule has 2 heteroatoms. The Morgan fingerprint density at radius 2 is 1.87 bits per heavy atom. The van der Waals surface area contributed by atoms with E-state index in [1.165, 1.54) is 6.07 Å². The molecule has 0 spiro atoms. The van der Waals surface area contributed by atoms with Gasteiger partial charge in [0.2, 0.25) is 0 Å². The van der Waals surface area contributed by atoms with Gasteiger partial charge in [-0.05, 0) is 31.0 Å². The first-order valence-electron chi connectivity index (χ1n) is 5.78. The third-order valence-corrected chi connectivity index (χ3v) is 2.47. The summed E-state index contributed by atoms with van der Waals surface area (Å²) in [5.74, 6) is -0.174. The van der Waals surface area contributed by atoms with Crippen LogP contribution in [0, 0.1) is 5.82 Å². The summed E-state index contributed by atoms with van der Waals surface area (Å²) >= 11 is 0. The van der Waals surface area contributed by atoms with Crippen LogP contribution in [-0.2, 0) is 0 Å². The first kappa shape index (κ1) is 12.0. The van der Waals surface area contributed by atoms with Crippen LogP contribution in [0.4, 0.5) is 10.1 Å². The average Bonchev–Trinajstić information content (AvgIpc) is 2.18. The topological polar surface area (TPSA) is 12.0 Å². The van der Waals surface area contributed by atoms with Gasteiger partial charge < -0.3 is 5.32 Å². The van der Waals surface area contributed by atoms with Crippen LogP contribution in [-0.4, -0.2) is 6.04 Å². The number of halogens is 1. The summed E-state index contributed by atoms with van der Waals surface area (Å²) in [7, 11) is 0. The highest BCUT2D eigenvalue weighted by molar-refractivity contribution is 5.43. The molecule has 0 bridgehead atoms. The van der Waals surface area contributed by atoms with Crippen LogP contribution in [0.15, 0.2) is 24.3 Å². The average molecular weight is 209 g/mol. The molecule has 0 aliphatic carbocycles. The zero-order valence-corrected chi connectivity index (χ0v) is 9.59. The summed E-state index contributed by atoms with van der Waals surface area (Å²) in [5, 5.41) is 3.38. The predicted molar refractivity (Wildman–Crippen MR) is 63.6 cm³/mol. The molecular formula is C13H20FN. The highest BCUT2D eigenvalue weighted by Crippen LogP contribution is 2.15. The zero-order chi connectivity index (χ0) is 11.1. The maximum absolute atomic E-state index is 12.9. The molecule has 1 rings (SSSR count). The fraction of sp³-hybridized carbons (Fsp3) is 0.538. The molecule has 0 fully saturated rings. The van der Waals surface area contributed by atoms with E-state index in [9.17, 15) is 4.39 Å². The highest BCUT2D eigenvalue weighted by Gasteiger charge is 2.06. The molecule has 0 unspecified atom stereocenters. The molecule has 1 N–H and O–H groups in total. The third-order valence-electron chi connectivity index (χ3n) is 2.47. The van der Waals surface area contributed by atoms with Crippen LogP contribution in [0.25, 0.3) is 0 Å². The molecule has 0 aromatic heterocycles. The van der Waals surface area contributed by atoms with Crippen LogP contribution >= 0.6 is 0 Å². The first-order valence-corrected chi connectivity index (χ1v) is 5.78. The van der Waals surface area contributed by atoms with Crippen molar-refractivity contribution in [2.24, 2.45) is 0 Å². The van der Waals surface area contributed by atoms with Crippen molar-refractivity contribution >= 4 is 5.69 Å². The van der Waals surface area contributed by atoms with E-state index in [0.717, 1.165) is 31.4 Å². The molecule has 15 heavy (non-hydrogen) atoms. The van der Waals surface area contributed by atoms with Crippen LogP contribution in [0.2, 0.25) is 0 Å². The molecule has 0 heterocycles. The predicted octanol–water partition coefficient (Wildman–Crippen LogP) is 4.21. The molecule has 0 aliphatic heterocycles. The highest BCUT2D eigenvalue weighted by atomic mass is 19.1. The molecule has 0 saturated heterocycles. The Morgan fingerprint density at radius 1 is 1.20 bits per heavy atom. The zero-order valence-electron chi connectivity index (χ0n) is 9.59. The summed E-state index contributed by atoms with van der Waals surface area (Å²) in [6.45, 7) is 4.35. The van der Waals surface area contributed by atoms with Gasteiger partial charge in [-0.15, -0.1) is 0 Å². The second-order valence-corrected chi connectivity index (χ2v) is 3.93. The van der Waals surface area contributed by atoms with Crippen molar-refractivity contribution in [3.8, 4) is 0 Å². The van der Waals surface area contributed by atoms with Gasteiger partial charge in [0.1, 0.15) is 5.82 Å². The maximum Gasteiger partial charge on any atom is 0.125 e. The van der Waals surface area contributed by atoms with E-state index in [1.54, 1.807) is 12.1 Å². The SMILES string of the molecule is CCCC(CCC)Nc1cccc(F)c1. The van der Waals surface area contributed by atoms with Gasteiger partial charge >= 0.3 is 0 Å². The molecule has 84 valence electrons. The van der Waals surface area contributed by atoms with Crippen molar-refractivity contribution in [3.63, 3.8) is 0 Å². The van der Waals surface area contributed by atoms with E-state index in [2.05, 4.69) is 19.2 Å². The smallest absolute Gasteiger partial charge is 0.125 e. The van der Waals surface area contributed by atoms with Crippen LogP contribution in [0.5, 0.6) is 0 Å². The molecule has 0 aliphatic rings. The van der Waals surface area contributed by atoms with Crippen molar-refractivity contribution in [2.75, 3.05) is 5.32 Å². The lowest BCUT2D eigenvalue weighted by Crippen LogP contribution is -2.18. The lowest BCUT2D eigenvalue weighted by atomic mass is 10.1. The number of benzene rings is 1. The first-order chi connectivity index (χ1) is 7.26. The number of nitrogens with one attached hydrogen (secondary N) is 1. The molecule has 1 aromatic carbocycles. The minimum absolute atomic E-state index is 0.174. The van der Waals surface area contributed by atoms with Crippen LogP contribution in [0.1, 0.15) is 39.5 Å². The van der Waals surface area contributed by atoms with Gasteiger partial charge in [-0.2, -0.15) is 0 Å². The van der Waals surface area contributed by atoms with Gasteiger partial charge in [0.25, 0.3) is 0 Å². The second kappa shape index (κ2) is 6.44. The molecule has 0 atom stereocenters. The van der Waals surface area contributed by atoms with E-state index in [1.807, 2.05) is 6.07 Å². The van der Waals surface area contributed by atoms with Gasteiger partial charge in [0.05, 0.1) is 0 Å². The fourth-order valence-corrected chi connectivity index (χ4v) is 1.80. The molecule has 0 radical (unpaired) electrons. The van der Waals surface area contributed by atoms with E-state index >= 15 is 0 Å². The maximum atomic E-state index is 12.9. The second-order valence-electron chi connectivity index (χ2n) is 3.93. The van der Waals surface area contributed by atoms with E-state index in [0.29, 0.717) is 6.04 Å². The number of hydrogen-bond donors (Lipinski definition) is 1. The molecule has 0 amide bonds. The lowest BCUT2D eigenvalue weighted by Gasteiger charge is -2.18. The van der Waals surface area contributed by atoms with Crippen molar-refractivity contribution in [1.29, 1.82) is 0 Å². The molecular weight excluding hydrogens is 189 g/mol. The summed E-state index contributed by atoms with van der Waals surface area (Å²) in [4.78, 5) is 0. The molecule has 1 nitrogen and oxygen atoms in total.